The van der Waals surface area contributed by atoms with E-state index in [-0.39, 0.29) is 12.1 Å². The molecule has 4 rings (SSSR count). The van der Waals surface area contributed by atoms with Gasteiger partial charge in [0.1, 0.15) is 17.6 Å². The zero-order valence-electron chi connectivity index (χ0n) is 23.1. The van der Waals surface area contributed by atoms with Gasteiger partial charge in [0.15, 0.2) is 0 Å². The van der Waals surface area contributed by atoms with E-state index in [1.807, 2.05) is 76.9 Å². The van der Waals surface area contributed by atoms with Crippen molar-refractivity contribution in [1.29, 1.82) is 0 Å². The van der Waals surface area contributed by atoms with Crippen molar-refractivity contribution in [2.45, 2.75) is 56.1 Å². The largest absolute Gasteiger partial charge is 0.445 e. The van der Waals surface area contributed by atoms with Crippen molar-refractivity contribution >= 4 is 28.4 Å². The highest BCUT2D eigenvalue weighted by Gasteiger charge is 2.29. The topological polar surface area (TPSA) is 53.1 Å². The van der Waals surface area contributed by atoms with E-state index in [0.717, 1.165) is 68.9 Å². The number of likely N-dealkylation sites (tertiary alicyclic amines) is 1. The summed E-state index contributed by atoms with van der Waals surface area (Å²) in [5.41, 5.74) is 2.33. The van der Waals surface area contributed by atoms with Gasteiger partial charge in [0.25, 0.3) is 0 Å². The third-order valence-corrected chi connectivity index (χ3v) is 9.51. The van der Waals surface area contributed by atoms with Crippen LogP contribution in [-0.4, -0.2) is 70.2 Å². The van der Waals surface area contributed by atoms with Crippen LogP contribution >= 0.6 is 11.3 Å². The molecule has 6 nitrogen and oxygen atoms in total. The molecule has 0 N–H and O–H groups in total. The lowest BCUT2D eigenvalue weighted by Gasteiger charge is -2.38. The Bertz CT molecular complexity index is 1140. The van der Waals surface area contributed by atoms with Gasteiger partial charge < -0.3 is 14.5 Å². The van der Waals surface area contributed by atoms with Crippen molar-refractivity contribution in [1.82, 2.24) is 14.1 Å². The SMILES string of the molecule is CCCN(C(=O)OCc1ccccc1)C1CCN(CCC(CN(C)S(=O)c2ccccc2)c2ccsc2)CC1. The number of hydrogen-bond acceptors (Lipinski definition) is 5. The molecule has 1 aliphatic heterocycles. The summed E-state index contributed by atoms with van der Waals surface area (Å²) in [6.45, 7) is 6.82. The molecule has 1 aliphatic rings. The molecule has 0 radical (unpaired) electrons. The third kappa shape index (κ3) is 8.73. The molecular formula is C31H41N3O3S2. The van der Waals surface area contributed by atoms with Crippen molar-refractivity contribution in [2.75, 3.05) is 39.8 Å². The average Bonchev–Trinajstić information content (AvgIpc) is 3.53. The van der Waals surface area contributed by atoms with Crippen LogP contribution in [0.25, 0.3) is 0 Å². The van der Waals surface area contributed by atoms with Crippen molar-refractivity contribution in [2.24, 2.45) is 0 Å². The first-order valence-electron chi connectivity index (χ1n) is 13.9. The number of nitrogens with zero attached hydrogens (tertiary/aromatic N) is 3. The molecule has 1 saturated heterocycles. The Morgan fingerprint density at radius 2 is 1.77 bits per heavy atom. The monoisotopic (exact) mass is 567 g/mol. The van der Waals surface area contributed by atoms with Gasteiger partial charge in [-0.15, -0.1) is 0 Å². The maximum absolute atomic E-state index is 13.1. The predicted molar refractivity (Wildman–Crippen MR) is 160 cm³/mol. The molecule has 3 aromatic rings. The number of rotatable bonds is 13. The molecule has 0 spiro atoms. The van der Waals surface area contributed by atoms with Crippen LogP contribution in [0.15, 0.2) is 82.4 Å². The predicted octanol–water partition coefficient (Wildman–Crippen LogP) is 6.39. The standard InChI is InChI=1S/C31H41N3O3S2/c1-3-18-34(31(35)37-24-26-10-6-4-7-11-26)29-15-20-33(21-16-29)19-14-27(28-17-22-38-25-28)23-32(2)39(36)30-12-8-5-9-13-30/h4-13,17,22,25,27,29H,3,14-16,18-21,23-24H2,1-2H3. The summed E-state index contributed by atoms with van der Waals surface area (Å²) in [5, 5.41) is 4.35. The van der Waals surface area contributed by atoms with Gasteiger partial charge in [-0.05, 0) is 78.2 Å². The van der Waals surface area contributed by atoms with Crippen molar-refractivity contribution in [3.63, 3.8) is 0 Å². The molecule has 2 unspecified atom stereocenters. The maximum atomic E-state index is 13.1. The highest BCUT2D eigenvalue weighted by atomic mass is 32.2. The number of piperidine rings is 1. The smallest absolute Gasteiger partial charge is 0.410 e. The van der Waals surface area contributed by atoms with E-state index >= 15 is 0 Å². The van der Waals surface area contributed by atoms with E-state index in [0.29, 0.717) is 12.5 Å². The van der Waals surface area contributed by atoms with Gasteiger partial charge in [0, 0.05) is 39.3 Å². The van der Waals surface area contributed by atoms with Gasteiger partial charge in [-0.1, -0.05) is 55.5 Å². The lowest BCUT2D eigenvalue weighted by atomic mass is 9.97. The van der Waals surface area contributed by atoms with Crippen LogP contribution in [0.4, 0.5) is 4.79 Å². The molecule has 1 fully saturated rings. The second kappa shape index (κ2) is 15.3. The fourth-order valence-corrected chi connectivity index (χ4v) is 7.03. The van der Waals surface area contributed by atoms with Crippen LogP contribution in [0.5, 0.6) is 0 Å². The van der Waals surface area contributed by atoms with E-state index < -0.39 is 11.0 Å². The van der Waals surface area contributed by atoms with Crippen LogP contribution in [0.1, 0.15) is 49.7 Å². The van der Waals surface area contributed by atoms with E-state index in [1.54, 1.807) is 11.3 Å². The Balaban J connectivity index is 1.28. The van der Waals surface area contributed by atoms with Gasteiger partial charge in [-0.25, -0.2) is 13.3 Å². The van der Waals surface area contributed by atoms with E-state index in [1.165, 1.54) is 5.56 Å². The first kappa shape index (κ1) is 29.5. The number of carbonyl (C=O) groups is 1. The zero-order valence-corrected chi connectivity index (χ0v) is 24.7. The van der Waals surface area contributed by atoms with Crippen LogP contribution in [0.3, 0.4) is 0 Å². The molecule has 2 aromatic carbocycles. The van der Waals surface area contributed by atoms with Crippen molar-refractivity contribution in [3.05, 3.63) is 88.6 Å². The summed E-state index contributed by atoms with van der Waals surface area (Å²) in [4.78, 5) is 18.3. The number of hydrogen-bond donors (Lipinski definition) is 0. The van der Waals surface area contributed by atoms with Crippen LogP contribution < -0.4 is 0 Å². The lowest BCUT2D eigenvalue weighted by molar-refractivity contribution is 0.0602. The summed E-state index contributed by atoms with van der Waals surface area (Å²) in [7, 11) is 0.776. The lowest BCUT2D eigenvalue weighted by Crippen LogP contribution is -2.48. The quantitative estimate of drug-likeness (QED) is 0.240. The van der Waals surface area contributed by atoms with Crippen LogP contribution in [0.2, 0.25) is 0 Å². The number of thiophene rings is 1. The van der Waals surface area contributed by atoms with Gasteiger partial charge >= 0.3 is 6.09 Å². The molecule has 1 aromatic heterocycles. The molecule has 0 bridgehead atoms. The number of likely N-dealkylation sites (N-methyl/N-ethyl adjacent to an activating group) is 1. The average molecular weight is 568 g/mol. The number of ether oxygens (including phenoxy) is 1. The Hall–Kier alpha value is -2.52. The first-order chi connectivity index (χ1) is 19.0. The highest BCUT2D eigenvalue weighted by molar-refractivity contribution is 7.82. The molecule has 2 heterocycles. The fraction of sp³-hybridized carbons (Fsp3) is 0.452. The second-order valence-electron chi connectivity index (χ2n) is 10.2. The first-order valence-corrected chi connectivity index (χ1v) is 16.0. The Morgan fingerprint density at radius 1 is 1.08 bits per heavy atom. The van der Waals surface area contributed by atoms with E-state index in [9.17, 15) is 9.00 Å². The van der Waals surface area contributed by atoms with Gasteiger partial charge in [0.05, 0.1) is 4.90 Å². The molecule has 2 atom stereocenters. The van der Waals surface area contributed by atoms with Crippen LogP contribution in [-0.2, 0) is 22.3 Å². The zero-order chi connectivity index (χ0) is 27.5. The minimum Gasteiger partial charge on any atom is -0.445 e. The maximum Gasteiger partial charge on any atom is 0.410 e. The van der Waals surface area contributed by atoms with Crippen LogP contribution in [0, 0.1) is 0 Å². The van der Waals surface area contributed by atoms with E-state index in [2.05, 4.69) is 28.7 Å². The summed E-state index contributed by atoms with van der Waals surface area (Å²) in [6.07, 6.45) is 3.64. The summed E-state index contributed by atoms with van der Waals surface area (Å²) < 4.78 is 20.7. The number of carbonyl (C=O) groups excluding carboxylic acids is 1. The molecule has 0 aliphatic carbocycles. The molecule has 39 heavy (non-hydrogen) atoms. The Kier molecular flexibility index (Phi) is 11.6. The van der Waals surface area contributed by atoms with Gasteiger partial charge in [-0.2, -0.15) is 11.3 Å². The molecular weight excluding hydrogens is 526 g/mol. The summed E-state index contributed by atoms with van der Waals surface area (Å²) >= 11 is 1.72. The Labute approximate surface area is 240 Å². The normalized spacial score (nSPS) is 16.2. The molecule has 210 valence electrons. The minimum atomic E-state index is -1.18. The van der Waals surface area contributed by atoms with Gasteiger partial charge in [0.2, 0.25) is 0 Å². The molecule has 0 saturated carbocycles. The van der Waals surface area contributed by atoms with Crippen molar-refractivity contribution < 1.29 is 13.7 Å². The van der Waals surface area contributed by atoms with E-state index in [4.69, 9.17) is 4.74 Å². The number of benzene rings is 2. The summed E-state index contributed by atoms with van der Waals surface area (Å²) in [6, 6.07) is 22.0. The van der Waals surface area contributed by atoms with Crippen molar-refractivity contribution in [3.8, 4) is 0 Å². The third-order valence-electron chi connectivity index (χ3n) is 7.42. The Morgan fingerprint density at radius 3 is 2.41 bits per heavy atom. The molecule has 1 amide bonds. The highest BCUT2D eigenvalue weighted by Crippen LogP contribution is 2.26. The fourth-order valence-electron chi connectivity index (χ4n) is 5.22. The molecule has 8 heteroatoms. The minimum absolute atomic E-state index is 0.203. The summed E-state index contributed by atoms with van der Waals surface area (Å²) in [5.74, 6) is 0.316. The second-order valence-corrected chi connectivity index (χ2v) is 12.6. The van der Waals surface area contributed by atoms with Gasteiger partial charge in [-0.3, -0.25) is 0 Å². The number of amides is 1.